The molecule has 0 aliphatic carbocycles. The number of carbonyl (C=O) groups excluding carboxylic acids is 1. The first kappa shape index (κ1) is 14.2. The van der Waals surface area contributed by atoms with Crippen molar-refractivity contribution in [2.75, 3.05) is 5.32 Å². The zero-order valence-electron chi connectivity index (χ0n) is 9.95. The van der Waals surface area contributed by atoms with Gasteiger partial charge in [-0.3, -0.25) is 4.79 Å². The van der Waals surface area contributed by atoms with Crippen LogP contribution in [0.3, 0.4) is 0 Å². The molecule has 0 unspecified atom stereocenters. The van der Waals surface area contributed by atoms with Crippen LogP contribution in [0, 0.1) is 23.0 Å². The molecule has 0 aromatic heterocycles. The van der Waals surface area contributed by atoms with Crippen molar-refractivity contribution in [1.82, 2.24) is 0 Å². The van der Waals surface area contributed by atoms with Gasteiger partial charge in [0.05, 0.1) is 16.8 Å². The third-order valence-corrected chi connectivity index (χ3v) is 3.02. The number of nitrogens with one attached hydrogen (secondary N) is 1. The number of hydrogen-bond donors (Lipinski definition) is 1. The van der Waals surface area contributed by atoms with Crippen LogP contribution in [0.5, 0.6) is 0 Å². The van der Waals surface area contributed by atoms with Crippen LogP contribution in [0.2, 0.25) is 0 Å². The highest BCUT2D eigenvalue weighted by molar-refractivity contribution is 9.10. The van der Waals surface area contributed by atoms with Gasteiger partial charge in [-0.15, -0.1) is 0 Å². The van der Waals surface area contributed by atoms with Crippen LogP contribution in [0.15, 0.2) is 40.9 Å². The second-order valence-electron chi connectivity index (χ2n) is 3.88. The first-order chi connectivity index (χ1) is 9.51. The Morgan fingerprint density at radius 3 is 2.65 bits per heavy atom. The van der Waals surface area contributed by atoms with Gasteiger partial charge >= 0.3 is 0 Å². The Bertz CT molecular complexity index is 726. The molecule has 1 N–H and O–H groups in total. The fraction of sp³-hybridized carbons (Fsp3) is 0. The van der Waals surface area contributed by atoms with Crippen LogP contribution in [0.4, 0.5) is 14.5 Å². The molecule has 1 amide bonds. The molecule has 2 rings (SSSR count). The molecule has 0 heterocycles. The van der Waals surface area contributed by atoms with Gasteiger partial charge in [-0.2, -0.15) is 5.26 Å². The molecule has 0 saturated carbocycles. The molecule has 2 aromatic carbocycles. The van der Waals surface area contributed by atoms with Gasteiger partial charge in [0.1, 0.15) is 17.7 Å². The number of rotatable bonds is 2. The lowest BCUT2D eigenvalue weighted by Gasteiger charge is -2.08. The number of carbonyl (C=O) groups is 1. The van der Waals surface area contributed by atoms with E-state index in [1.165, 1.54) is 12.1 Å². The Labute approximate surface area is 122 Å². The minimum atomic E-state index is -0.834. The average Bonchev–Trinajstić information content (AvgIpc) is 2.43. The molecule has 0 radical (unpaired) electrons. The number of nitrogens with zero attached hydrogens (tertiary/aromatic N) is 1. The minimum Gasteiger partial charge on any atom is -0.321 e. The predicted octanol–water partition coefficient (Wildman–Crippen LogP) is 3.85. The summed E-state index contributed by atoms with van der Waals surface area (Å²) in [4.78, 5) is 11.9. The van der Waals surface area contributed by atoms with E-state index in [0.29, 0.717) is 4.47 Å². The van der Waals surface area contributed by atoms with E-state index in [-0.39, 0.29) is 11.3 Å². The second-order valence-corrected chi connectivity index (χ2v) is 4.80. The van der Waals surface area contributed by atoms with Gasteiger partial charge < -0.3 is 5.32 Å². The van der Waals surface area contributed by atoms with Gasteiger partial charge in [0.25, 0.3) is 5.91 Å². The first-order valence-corrected chi connectivity index (χ1v) is 6.26. The Hall–Kier alpha value is -2.26. The van der Waals surface area contributed by atoms with Crippen molar-refractivity contribution in [3.63, 3.8) is 0 Å². The zero-order chi connectivity index (χ0) is 14.7. The number of hydrogen-bond acceptors (Lipinski definition) is 2. The molecule has 0 aliphatic heterocycles. The van der Waals surface area contributed by atoms with Crippen LogP contribution in [0.25, 0.3) is 0 Å². The lowest BCUT2D eigenvalue weighted by Crippen LogP contribution is -2.15. The SMILES string of the molecule is N#Cc1cc(Br)ccc1NC(=O)c1cc(F)ccc1F. The summed E-state index contributed by atoms with van der Waals surface area (Å²) in [7, 11) is 0. The first-order valence-electron chi connectivity index (χ1n) is 5.47. The molecule has 3 nitrogen and oxygen atoms in total. The highest BCUT2D eigenvalue weighted by Crippen LogP contribution is 2.21. The van der Waals surface area contributed by atoms with Crippen molar-refractivity contribution in [2.24, 2.45) is 0 Å². The Balaban J connectivity index is 2.33. The third-order valence-electron chi connectivity index (χ3n) is 2.52. The topological polar surface area (TPSA) is 52.9 Å². The van der Waals surface area contributed by atoms with Crippen molar-refractivity contribution in [1.29, 1.82) is 5.26 Å². The lowest BCUT2D eigenvalue weighted by atomic mass is 10.1. The summed E-state index contributed by atoms with van der Waals surface area (Å²) in [5.41, 5.74) is 0.0192. The van der Waals surface area contributed by atoms with E-state index in [1.54, 1.807) is 6.07 Å². The van der Waals surface area contributed by atoms with Crippen molar-refractivity contribution >= 4 is 27.5 Å². The molecule has 0 atom stereocenters. The average molecular weight is 337 g/mol. The molecular weight excluding hydrogens is 330 g/mol. The number of halogens is 3. The van der Waals surface area contributed by atoms with Gasteiger partial charge in [-0.05, 0) is 36.4 Å². The monoisotopic (exact) mass is 336 g/mol. The highest BCUT2D eigenvalue weighted by Gasteiger charge is 2.14. The summed E-state index contributed by atoms with van der Waals surface area (Å²) >= 11 is 3.20. The van der Waals surface area contributed by atoms with Crippen LogP contribution in [-0.2, 0) is 0 Å². The van der Waals surface area contributed by atoms with E-state index in [9.17, 15) is 13.6 Å². The summed E-state index contributed by atoms with van der Waals surface area (Å²) < 4.78 is 27.2. The molecule has 0 spiro atoms. The van der Waals surface area contributed by atoms with Crippen molar-refractivity contribution in [3.05, 3.63) is 63.6 Å². The van der Waals surface area contributed by atoms with Crippen molar-refractivity contribution in [2.45, 2.75) is 0 Å². The molecule has 0 aliphatic rings. The van der Waals surface area contributed by atoms with E-state index in [0.717, 1.165) is 18.2 Å². The number of benzene rings is 2. The molecule has 0 fully saturated rings. The number of nitriles is 1. The molecule has 0 saturated heterocycles. The van der Waals surface area contributed by atoms with E-state index < -0.39 is 23.1 Å². The maximum absolute atomic E-state index is 13.5. The zero-order valence-corrected chi connectivity index (χ0v) is 11.5. The fourth-order valence-electron chi connectivity index (χ4n) is 1.58. The molecule has 6 heteroatoms. The van der Waals surface area contributed by atoms with Crippen LogP contribution < -0.4 is 5.32 Å². The van der Waals surface area contributed by atoms with Crippen LogP contribution in [0.1, 0.15) is 15.9 Å². The van der Waals surface area contributed by atoms with Crippen molar-refractivity contribution in [3.8, 4) is 6.07 Å². The summed E-state index contributed by atoms with van der Waals surface area (Å²) in [6, 6.07) is 9.14. The third kappa shape index (κ3) is 3.00. The maximum Gasteiger partial charge on any atom is 0.258 e. The quantitative estimate of drug-likeness (QED) is 0.905. The van der Waals surface area contributed by atoms with E-state index in [1.807, 2.05) is 6.07 Å². The Morgan fingerprint density at radius 2 is 1.95 bits per heavy atom. The summed E-state index contributed by atoms with van der Waals surface area (Å²) in [5.74, 6) is -2.37. The fourth-order valence-corrected chi connectivity index (χ4v) is 1.94. The normalized spacial score (nSPS) is 9.90. The number of amides is 1. The van der Waals surface area contributed by atoms with Gasteiger partial charge in [-0.1, -0.05) is 15.9 Å². The van der Waals surface area contributed by atoms with Gasteiger partial charge in [0.2, 0.25) is 0 Å². The summed E-state index contributed by atoms with van der Waals surface area (Å²) in [6.07, 6.45) is 0. The predicted molar refractivity (Wildman–Crippen MR) is 73.2 cm³/mol. The smallest absolute Gasteiger partial charge is 0.258 e. The molecular formula is C14H7BrF2N2O. The lowest BCUT2D eigenvalue weighted by molar-refractivity contribution is 0.102. The summed E-state index contributed by atoms with van der Waals surface area (Å²) in [6.45, 7) is 0. The van der Waals surface area contributed by atoms with Gasteiger partial charge in [0, 0.05) is 4.47 Å². The van der Waals surface area contributed by atoms with Crippen LogP contribution in [-0.4, -0.2) is 5.91 Å². The maximum atomic E-state index is 13.5. The second kappa shape index (κ2) is 5.80. The Kier molecular flexibility index (Phi) is 4.11. The molecule has 2 aromatic rings. The molecule has 0 bridgehead atoms. The van der Waals surface area contributed by atoms with Crippen LogP contribution >= 0.6 is 15.9 Å². The number of anilines is 1. The van der Waals surface area contributed by atoms with E-state index in [4.69, 9.17) is 5.26 Å². The summed E-state index contributed by atoms with van der Waals surface area (Å²) in [5, 5.41) is 11.4. The van der Waals surface area contributed by atoms with Gasteiger partial charge in [-0.25, -0.2) is 8.78 Å². The minimum absolute atomic E-state index is 0.213. The van der Waals surface area contributed by atoms with Gasteiger partial charge in [0.15, 0.2) is 0 Å². The standard InChI is InChI=1S/C14H7BrF2N2O/c15-9-1-4-13(8(5-9)7-18)19-14(20)11-6-10(16)2-3-12(11)17/h1-6H,(H,19,20). The Morgan fingerprint density at radius 1 is 1.20 bits per heavy atom. The molecule has 100 valence electrons. The molecule has 20 heavy (non-hydrogen) atoms. The van der Waals surface area contributed by atoms with Crippen molar-refractivity contribution < 1.29 is 13.6 Å². The van der Waals surface area contributed by atoms with E-state index in [2.05, 4.69) is 21.2 Å². The largest absolute Gasteiger partial charge is 0.321 e. The highest BCUT2D eigenvalue weighted by atomic mass is 79.9. The van der Waals surface area contributed by atoms with E-state index >= 15 is 0 Å².